The Kier molecular flexibility index (Phi) is 4.72. The summed E-state index contributed by atoms with van der Waals surface area (Å²) in [4.78, 5) is 0. The van der Waals surface area contributed by atoms with Gasteiger partial charge in [-0.3, -0.25) is 0 Å². The minimum Gasteiger partial charge on any atom is -0.387 e. The molecule has 0 aliphatic rings. The highest BCUT2D eigenvalue weighted by Crippen LogP contribution is 2.19. The monoisotopic (exact) mass is 267 g/mol. The molecule has 2 heteroatoms. The quantitative estimate of drug-likeness (QED) is 0.833. The smallest absolute Gasteiger partial charge is 0.0912 e. The van der Waals surface area contributed by atoms with Gasteiger partial charge in [-0.05, 0) is 47.7 Å². The average Bonchev–Trinajstić information content (AvgIpc) is 2.46. The molecular formula is C18H21NO. The zero-order valence-corrected chi connectivity index (χ0v) is 12.0. The van der Waals surface area contributed by atoms with Crippen molar-refractivity contribution in [3.05, 3.63) is 70.3 Å². The van der Waals surface area contributed by atoms with E-state index in [2.05, 4.69) is 44.2 Å². The van der Waals surface area contributed by atoms with Gasteiger partial charge < -0.3 is 10.8 Å². The number of hydrogen-bond acceptors (Lipinski definition) is 2. The molecule has 2 rings (SSSR count). The highest BCUT2D eigenvalue weighted by Gasteiger charge is 2.04. The first-order valence-corrected chi connectivity index (χ1v) is 6.84. The summed E-state index contributed by atoms with van der Waals surface area (Å²) in [6, 6.07) is 14.1. The Bertz CT molecular complexity index is 596. The van der Waals surface area contributed by atoms with E-state index in [9.17, 15) is 5.11 Å². The van der Waals surface area contributed by atoms with Crippen molar-refractivity contribution in [3.8, 4) is 0 Å². The second kappa shape index (κ2) is 6.51. The van der Waals surface area contributed by atoms with Crippen LogP contribution in [0.1, 0.15) is 33.9 Å². The summed E-state index contributed by atoms with van der Waals surface area (Å²) in [6.07, 6.45) is 3.60. The van der Waals surface area contributed by atoms with Crippen molar-refractivity contribution < 1.29 is 5.11 Å². The third-order valence-corrected chi connectivity index (χ3v) is 3.50. The molecule has 0 saturated heterocycles. The SMILES string of the molecule is Cc1cccc(C)c1C=Cc1cccc(C(O)CN)c1. The standard InChI is InChI=1S/C18H21NO/c1-13-5-3-6-14(2)17(13)10-9-15-7-4-8-16(11-15)18(20)12-19/h3-11,18,20H,12,19H2,1-2H3. The lowest BCUT2D eigenvalue weighted by atomic mass is 10.0. The predicted molar refractivity (Wildman–Crippen MR) is 85.3 cm³/mol. The highest BCUT2D eigenvalue weighted by atomic mass is 16.3. The number of aryl methyl sites for hydroxylation is 2. The van der Waals surface area contributed by atoms with Crippen LogP contribution in [0.3, 0.4) is 0 Å². The maximum Gasteiger partial charge on any atom is 0.0912 e. The van der Waals surface area contributed by atoms with E-state index in [0.717, 1.165) is 11.1 Å². The summed E-state index contributed by atoms with van der Waals surface area (Å²) in [5.74, 6) is 0. The molecule has 0 radical (unpaired) electrons. The zero-order valence-electron chi connectivity index (χ0n) is 12.0. The lowest BCUT2D eigenvalue weighted by Gasteiger charge is -2.08. The summed E-state index contributed by atoms with van der Waals surface area (Å²) in [7, 11) is 0. The number of benzene rings is 2. The van der Waals surface area contributed by atoms with E-state index in [-0.39, 0.29) is 6.54 Å². The van der Waals surface area contributed by atoms with Crippen molar-refractivity contribution in [2.75, 3.05) is 6.54 Å². The van der Waals surface area contributed by atoms with Gasteiger partial charge in [-0.15, -0.1) is 0 Å². The third-order valence-electron chi connectivity index (χ3n) is 3.50. The predicted octanol–water partition coefficient (Wildman–Crippen LogP) is 3.47. The van der Waals surface area contributed by atoms with Crippen molar-refractivity contribution in [1.82, 2.24) is 0 Å². The Balaban J connectivity index is 2.28. The molecular weight excluding hydrogens is 246 g/mol. The summed E-state index contributed by atoms with van der Waals surface area (Å²) in [6.45, 7) is 4.46. The van der Waals surface area contributed by atoms with Crippen LogP contribution in [0.2, 0.25) is 0 Å². The van der Waals surface area contributed by atoms with Gasteiger partial charge in [-0.25, -0.2) is 0 Å². The second-order valence-electron chi connectivity index (χ2n) is 5.06. The molecule has 0 aliphatic heterocycles. The Labute approximate surface area is 120 Å². The Hall–Kier alpha value is -1.90. The minimum absolute atomic E-state index is 0.240. The first kappa shape index (κ1) is 14.5. The highest BCUT2D eigenvalue weighted by molar-refractivity contribution is 5.72. The van der Waals surface area contributed by atoms with E-state index in [1.807, 2.05) is 24.3 Å². The first-order chi connectivity index (χ1) is 9.61. The normalized spacial score (nSPS) is 12.8. The van der Waals surface area contributed by atoms with E-state index in [1.165, 1.54) is 16.7 Å². The molecule has 0 spiro atoms. The lowest BCUT2D eigenvalue weighted by Crippen LogP contribution is -2.11. The topological polar surface area (TPSA) is 46.2 Å². The second-order valence-corrected chi connectivity index (χ2v) is 5.06. The fraction of sp³-hybridized carbons (Fsp3) is 0.222. The van der Waals surface area contributed by atoms with Crippen LogP contribution in [0.15, 0.2) is 42.5 Å². The van der Waals surface area contributed by atoms with Crippen molar-refractivity contribution in [1.29, 1.82) is 0 Å². The van der Waals surface area contributed by atoms with Crippen LogP contribution in [0.5, 0.6) is 0 Å². The van der Waals surface area contributed by atoms with Gasteiger partial charge in [0.1, 0.15) is 0 Å². The van der Waals surface area contributed by atoms with Gasteiger partial charge in [0, 0.05) is 6.54 Å². The fourth-order valence-electron chi connectivity index (χ4n) is 2.28. The van der Waals surface area contributed by atoms with Crippen LogP contribution in [0.25, 0.3) is 12.2 Å². The van der Waals surface area contributed by atoms with Crippen LogP contribution in [0.4, 0.5) is 0 Å². The van der Waals surface area contributed by atoms with Gasteiger partial charge in [-0.1, -0.05) is 48.6 Å². The molecule has 0 aliphatic carbocycles. The van der Waals surface area contributed by atoms with Crippen LogP contribution in [-0.2, 0) is 0 Å². The lowest BCUT2D eigenvalue weighted by molar-refractivity contribution is 0.186. The molecule has 0 aromatic heterocycles. The molecule has 0 fully saturated rings. The number of rotatable bonds is 4. The van der Waals surface area contributed by atoms with Crippen molar-refractivity contribution in [2.24, 2.45) is 5.73 Å². The number of nitrogens with two attached hydrogens (primary N) is 1. The molecule has 0 saturated carbocycles. The molecule has 3 N–H and O–H groups in total. The molecule has 1 atom stereocenters. The van der Waals surface area contributed by atoms with Gasteiger partial charge in [0.05, 0.1) is 6.10 Å². The molecule has 0 heterocycles. The Morgan fingerprint density at radius 3 is 2.35 bits per heavy atom. The van der Waals surface area contributed by atoms with Gasteiger partial charge >= 0.3 is 0 Å². The van der Waals surface area contributed by atoms with Crippen molar-refractivity contribution in [2.45, 2.75) is 20.0 Å². The zero-order chi connectivity index (χ0) is 14.5. The summed E-state index contributed by atoms with van der Waals surface area (Å²) < 4.78 is 0. The van der Waals surface area contributed by atoms with E-state index in [0.29, 0.717) is 0 Å². The van der Waals surface area contributed by atoms with E-state index >= 15 is 0 Å². The molecule has 20 heavy (non-hydrogen) atoms. The average molecular weight is 267 g/mol. The van der Waals surface area contributed by atoms with Crippen molar-refractivity contribution in [3.63, 3.8) is 0 Å². The van der Waals surface area contributed by atoms with Crippen LogP contribution in [-0.4, -0.2) is 11.7 Å². The number of aliphatic hydroxyl groups excluding tert-OH is 1. The van der Waals surface area contributed by atoms with Gasteiger partial charge in [0.15, 0.2) is 0 Å². The van der Waals surface area contributed by atoms with Crippen LogP contribution < -0.4 is 5.73 Å². The fourth-order valence-corrected chi connectivity index (χ4v) is 2.28. The van der Waals surface area contributed by atoms with Gasteiger partial charge in [0.2, 0.25) is 0 Å². The van der Waals surface area contributed by atoms with Crippen LogP contribution >= 0.6 is 0 Å². The van der Waals surface area contributed by atoms with E-state index in [4.69, 9.17) is 5.73 Å². The number of hydrogen-bond donors (Lipinski definition) is 2. The van der Waals surface area contributed by atoms with Crippen molar-refractivity contribution >= 4 is 12.2 Å². The maximum atomic E-state index is 9.78. The summed E-state index contributed by atoms with van der Waals surface area (Å²) in [5, 5.41) is 9.78. The molecule has 0 amide bonds. The molecule has 2 nitrogen and oxygen atoms in total. The van der Waals surface area contributed by atoms with Gasteiger partial charge in [0.25, 0.3) is 0 Å². The third kappa shape index (κ3) is 3.35. The molecule has 104 valence electrons. The largest absolute Gasteiger partial charge is 0.387 e. The molecule has 0 bridgehead atoms. The van der Waals surface area contributed by atoms with Gasteiger partial charge in [-0.2, -0.15) is 0 Å². The molecule has 2 aromatic carbocycles. The van der Waals surface area contributed by atoms with E-state index < -0.39 is 6.10 Å². The summed E-state index contributed by atoms with van der Waals surface area (Å²) >= 11 is 0. The molecule has 2 aromatic rings. The summed E-state index contributed by atoms with van der Waals surface area (Å²) in [5.41, 5.74) is 11.2. The first-order valence-electron chi connectivity index (χ1n) is 6.84. The Morgan fingerprint density at radius 1 is 1.05 bits per heavy atom. The maximum absolute atomic E-state index is 9.78. The minimum atomic E-state index is -0.594. The Morgan fingerprint density at radius 2 is 1.70 bits per heavy atom. The van der Waals surface area contributed by atoms with Crippen LogP contribution in [0, 0.1) is 13.8 Å². The van der Waals surface area contributed by atoms with E-state index in [1.54, 1.807) is 0 Å². The number of aliphatic hydroxyl groups is 1. The molecule has 1 unspecified atom stereocenters.